The lowest BCUT2D eigenvalue weighted by Gasteiger charge is -2.06. The molecule has 0 radical (unpaired) electrons. The lowest BCUT2D eigenvalue weighted by Crippen LogP contribution is -1.94. The van der Waals surface area contributed by atoms with Crippen LogP contribution >= 0.6 is 23.2 Å². The van der Waals surface area contributed by atoms with Gasteiger partial charge in [0.15, 0.2) is 5.76 Å². The minimum absolute atomic E-state index is 0.0195. The van der Waals surface area contributed by atoms with Gasteiger partial charge in [0.25, 0.3) is 11.6 Å². The highest BCUT2D eigenvalue weighted by atomic mass is 35.5. The summed E-state index contributed by atoms with van der Waals surface area (Å²) in [6, 6.07) is 14.2. The molecule has 0 aliphatic carbocycles. The number of hydrogen-bond acceptors (Lipinski definition) is 7. The van der Waals surface area contributed by atoms with E-state index in [-0.39, 0.29) is 24.0 Å². The van der Waals surface area contributed by atoms with E-state index in [2.05, 4.69) is 10.1 Å². The van der Waals surface area contributed by atoms with Crippen molar-refractivity contribution in [3.63, 3.8) is 0 Å². The van der Waals surface area contributed by atoms with Crippen molar-refractivity contribution in [3.8, 4) is 28.8 Å². The van der Waals surface area contributed by atoms with Gasteiger partial charge in [-0.25, -0.2) is 0 Å². The molecule has 29 heavy (non-hydrogen) atoms. The Morgan fingerprint density at radius 3 is 2.59 bits per heavy atom. The number of aromatic nitrogens is 2. The molecule has 0 saturated heterocycles. The molecule has 0 spiro atoms. The Morgan fingerprint density at radius 1 is 1.07 bits per heavy atom. The maximum Gasteiger partial charge on any atom is 0.293 e. The Hall–Kier alpha value is -3.36. The van der Waals surface area contributed by atoms with Gasteiger partial charge >= 0.3 is 0 Å². The van der Waals surface area contributed by atoms with Crippen LogP contribution in [0.15, 0.2) is 63.5 Å². The normalized spacial score (nSPS) is 10.8. The molecule has 4 rings (SSSR count). The summed E-state index contributed by atoms with van der Waals surface area (Å²) in [5.41, 5.74) is 0.562. The van der Waals surface area contributed by atoms with Crippen LogP contribution in [0, 0.1) is 10.1 Å². The van der Waals surface area contributed by atoms with Crippen LogP contribution < -0.4 is 4.74 Å². The van der Waals surface area contributed by atoms with Gasteiger partial charge in [0.05, 0.1) is 9.95 Å². The number of nitro groups is 1. The molecule has 0 saturated carbocycles. The van der Waals surface area contributed by atoms with Gasteiger partial charge in [-0.15, -0.1) is 0 Å². The highest BCUT2D eigenvalue weighted by Crippen LogP contribution is 2.29. The van der Waals surface area contributed by atoms with Crippen LogP contribution in [0.25, 0.3) is 23.0 Å². The first-order valence-corrected chi connectivity index (χ1v) is 9.00. The van der Waals surface area contributed by atoms with Crippen LogP contribution in [0.5, 0.6) is 5.75 Å². The van der Waals surface area contributed by atoms with Gasteiger partial charge < -0.3 is 13.7 Å². The second kappa shape index (κ2) is 7.94. The van der Waals surface area contributed by atoms with Crippen LogP contribution in [-0.2, 0) is 6.61 Å². The van der Waals surface area contributed by atoms with E-state index < -0.39 is 4.92 Å². The molecule has 0 aliphatic rings. The third-order valence-corrected chi connectivity index (χ3v) is 4.43. The summed E-state index contributed by atoms with van der Waals surface area (Å²) in [5.74, 6) is 1.84. The predicted molar refractivity (Wildman–Crippen MR) is 105 cm³/mol. The maximum atomic E-state index is 10.7. The first-order chi connectivity index (χ1) is 14.0. The number of hydrogen-bond donors (Lipinski definition) is 0. The molecule has 0 fully saturated rings. The van der Waals surface area contributed by atoms with Crippen molar-refractivity contribution in [1.29, 1.82) is 0 Å². The van der Waals surface area contributed by atoms with Crippen molar-refractivity contribution < 1.29 is 18.6 Å². The Bertz CT molecular complexity index is 1170. The average molecular weight is 432 g/mol. The molecule has 146 valence electrons. The predicted octanol–water partition coefficient (Wildman–Crippen LogP) is 5.79. The van der Waals surface area contributed by atoms with Crippen molar-refractivity contribution in [2.45, 2.75) is 6.61 Å². The number of benzene rings is 2. The van der Waals surface area contributed by atoms with Crippen molar-refractivity contribution in [2.24, 2.45) is 0 Å². The summed E-state index contributed by atoms with van der Waals surface area (Å²) < 4.78 is 16.5. The molecule has 2 aromatic carbocycles. The van der Waals surface area contributed by atoms with E-state index in [0.717, 1.165) is 0 Å². The smallest absolute Gasteiger partial charge is 0.293 e. The van der Waals surface area contributed by atoms with E-state index in [1.54, 1.807) is 42.5 Å². The van der Waals surface area contributed by atoms with Crippen molar-refractivity contribution >= 4 is 28.9 Å². The molecule has 2 heterocycles. The standard InChI is InChI=1S/C19H11Cl2N3O5/c20-12-3-7-16(15(21)9-12)27-10-14-6-8-17(28-14)19-22-18(23-29-19)11-1-4-13(5-2-11)24(25)26/h1-9H,10H2. The van der Waals surface area contributed by atoms with E-state index in [4.69, 9.17) is 36.9 Å². The van der Waals surface area contributed by atoms with Gasteiger partial charge in [-0.05, 0) is 42.5 Å². The van der Waals surface area contributed by atoms with Gasteiger partial charge in [-0.1, -0.05) is 28.4 Å². The molecule has 0 atom stereocenters. The second-order valence-electron chi connectivity index (χ2n) is 5.86. The van der Waals surface area contributed by atoms with E-state index in [1.807, 2.05) is 0 Å². The maximum absolute atomic E-state index is 10.7. The lowest BCUT2D eigenvalue weighted by molar-refractivity contribution is -0.384. The van der Waals surface area contributed by atoms with E-state index >= 15 is 0 Å². The van der Waals surface area contributed by atoms with E-state index in [1.165, 1.54) is 12.1 Å². The fourth-order valence-corrected chi connectivity index (χ4v) is 2.95. The number of ether oxygens (including phenoxy) is 1. The molecule has 4 aromatic rings. The zero-order chi connectivity index (χ0) is 20.4. The van der Waals surface area contributed by atoms with Crippen LogP contribution in [0.2, 0.25) is 10.0 Å². The Kier molecular flexibility index (Phi) is 5.20. The lowest BCUT2D eigenvalue weighted by atomic mass is 10.2. The molecule has 0 bridgehead atoms. The molecular formula is C19H11Cl2N3O5. The minimum atomic E-state index is -0.477. The molecule has 8 nitrogen and oxygen atoms in total. The van der Waals surface area contributed by atoms with Crippen LogP contribution in [0.4, 0.5) is 5.69 Å². The molecule has 10 heteroatoms. The van der Waals surface area contributed by atoms with Crippen molar-refractivity contribution in [3.05, 3.63) is 80.5 Å². The zero-order valence-electron chi connectivity index (χ0n) is 14.5. The zero-order valence-corrected chi connectivity index (χ0v) is 16.1. The van der Waals surface area contributed by atoms with Crippen molar-refractivity contribution in [2.75, 3.05) is 0 Å². The summed E-state index contributed by atoms with van der Waals surface area (Å²) in [7, 11) is 0. The fourth-order valence-electron chi connectivity index (χ4n) is 2.48. The van der Waals surface area contributed by atoms with Crippen LogP contribution in [-0.4, -0.2) is 15.1 Å². The van der Waals surface area contributed by atoms with Gasteiger partial charge in [0, 0.05) is 22.7 Å². The van der Waals surface area contributed by atoms with Gasteiger partial charge in [0.2, 0.25) is 5.82 Å². The Labute approximate surface area is 173 Å². The van der Waals surface area contributed by atoms with Gasteiger partial charge in [0.1, 0.15) is 18.1 Å². The SMILES string of the molecule is O=[N+]([O-])c1ccc(-c2noc(-c3ccc(COc4ccc(Cl)cc4Cl)o3)n2)cc1. The number of nitrogens with zero attached hydrogens (tertiary/aromatic N) is 3. The summed E-state index contributed by atoms with van der Waals surface area (Å²) in [6.45, 7) is 0.144. The molecule has 0 aliphatic heterocycles. The molecular weight excluding hydrogens is 421 g/mol. The molecule has 0 amide bonds. The Morgan fingerprint density at radius 2 is 1.86 bits per heavy atom. The fraction of sp³-hybridized carbons (Fsp3) is 0.0526. The third kappa shape index (κ3) is 4.23. The summed E-state index contributed by atoms with van der Waals surface area (Å²) in [4.78, 5) is 14.5. The quantitative estimate of drug-likeness (QED) is 0.281. The minimum Gasteiger partial charge on any atom is -0.484 e. The van der Waals surface area contributed by atoms with Gasteiger partial charge in [-0.2, -0.15) is 4.98 Å². The molecule has 0 unspecified atom stereocenters. The number of nitro benzene ring substituents is 1. The van der Waals surface area contributed by atoms with Crippen LogP contribution in [0.3, 0.4) is 0 Å². The summed E-state index contributed by atoms with van der Waals surface area (Å²) in [5, 5.41) is 15.5. The number of furan rings is 1. The third-order valence-electron chi connectivity index (χ3n) is 3.90. The topological polar surface area (TPSA) is 104 Å². The molecule has 0 N–H and O–H groups in total. The first-order valence-electron chi connectivity index (χ1n) is 8.25. The first kappa shape index (κ1) is 19.0. The highest BCUT2D eigenvalue weighted by Gasteiger charge is 2.16. The molecule has 2 aromatic heterocycles. The van der Waals surface area contributed by atoms with E-state index in [9.17, 15) is 10.1 Å². The Balaban J connectivity index is 1.46. The summed E-state index contributed by atoms with van der Waals surface area (Å²) >= 11 is 11.9. The monoisotopic (exact) mass is 431 g/mol. The van der Waals surface area contributed by atoms with Gasteiger partial charge in [-0.3, -0.25) is 10.1 Å². The van der Waals surface area contributed by atoms with Crippen LogP contribution in [0.1, 0.15) is 5.76 Å². The second-order valence-corrected chi connectivity index (χ2v) is 6.70. The van der Waals surface area contributed by atoms with E-state index in [0.29, 0.717) is 32.9 Å². The summed E-state index contributed by atoms with van der Waals surface area (Å²) in [6.07, 6.45) is 0. The van der Waals surface area contributed by atoms with Crippen molar-refractivity contribution in [1.82, 2.24) is 10.1 Å². The highest BCUT2D eigenvalue weighted by molar-refractivity contribution is 6.35. The number of rotatable bonds is 6. The average Bonchev–Trinajstić information content (AvgIpc) is 3.37. The number of non-ortho nitro benzene ring substituents is 1. The largest absolute Gasteiger partial charge is 0.484 e. The number of halogens is 2.